The van der Waals surface area contributed by atoms with Crippen molar-refractivity contribution < 1.29 is 4.74 Å². The Balaban J connectivity index is 2.53. The highest BCUT2D eigenvalue weighted by molar-refractivity contribution is 6.31. The molecule has 1 atom stereocenters. The van der Waals surface area contributed by atoms with Crippen molar-refractivity contribution in [2.75, 3.05) is 7.11 Å². The fourth-order valence-electron chi connectivity index (χ4n) is 2.03. The summed E-state index contributed by atoms with van der Waals surface area (Å²) < 4.78 is 7.11. The smallest absolute Gasteiger partial charge is 0.142 e. The molecule has 3 N–H and O–H groups in total. The van der Waals surface area contributed by atoms with Crippen LogP contribution >= 0.6 is 11.6 Å². The van der Waals surface area contributed by atoms with Crippen molar-refractivity contribution in [1.82, 2.24) is 20.2 Å². The highest BCUT2D eigenvalue weighted by atomic mass is 35.5. The molecule has 0 aliphatic carbocycles. The minimum atomic E-state index is -0.312. The topological polar surface area (TPSA) is 78.0 Å². The molecule has 2 aromatic rings. The molecule has 0 aromatic carbocycles. The van der Waals surface area contributed by atoms with Gasteiger partial charge in [-0.05, 0) is 13.0 Å². The number of rotatable bonds is 5. The Kier molecular flexibility index (Phi) is 4.36. The molecule has 6 nitrogen and oxygen atoms in total. The first-order valence-electron chi connectivity index (χ1n) is 5.88. The molecule has 1 unspecified atom stereocenters. The molecule has 0 bridgehead atoms. The second kappa shape index (κ2) is 6.01. The Morgan fingerprint density at radius 1 is 1.53 bits per heavy atom. The monoisotopic (exact) mass is 281 g/mol. The number of ether oxygens (including phenoxy) is 1. The van der Waals surface area contributed by atoms with Crippen LogP contribution in [0, 0.1) is 0 Å². The fraction of sp³-hybridized carbons (Fsp3) is 0.333. The number of nitrogens with two attached hydrogens (primary N) is 1. The highest BCUT2D eigenvalue weighted by Crippen LogP contribution is 2.32. The van der Waals surface area contributed by atoms with Gasteiger partial charge in [-0.15, -0.1) is 0 Å². The molecule has 7 heteroatoms. The molecule has 0 saturated heterocycles. The first-order valence-corrected chi connectivity index (χ1v) is 6.25. The summed E-state index contributed by atoms with van der Waals surface area (Å²) >= 11 is 6.21. The van der Waals surface area contributed by atoms with Crippen molar-refractivity contribution in [3.05, 3.63) is 40.9 Å². The summed E-state index contributed by atoms with van der Waals surface area (Å²) in [5.74, 6) is 6.33. The lowest BCUT2D eigenvalue weighted by Crippen LogP contribution is -2.31. The zero-order chi connectivity index (χ0) is 13.8. The second-order valence-corrected chi connectivity index (χ2v) is 4.32. The summed E-state index contributed by atoms with van der Waals surface area (Å²) in [5.41, 5.74) is 4.42. The average Bonchev–Trinajstić information content (AvgIpc) is 2.82. The molecule has 0 saturated carbocycles. The summed E-state index contributed by atoms with van der Waals surface area (Å²) in [5, 5.41) is 4.78. The van der Waals surface area contributed by atoms with Gasteiger partial charge in [0.25, 0.3) is 0 Å². The van der Waals surface area contributed by atoms with Crippen LogP contribution in [0.1, 0.15) is 24.2 Å². The van der Waals surface area contributed by atoms with Crippen LogP contribution in [-0.4, -0.2) is 21.9 Å². The Morgan fingerprint density at radius 2 is 2.32 bits per heavy atom. The second-order valence-electron chi connectivity index (χ2n) is 3.91. The summed E-state index contributed by atoms with van der Waals surface area (Å²) in [6.45, 7) is 2.69. The zero-order valence-electron chi connectivity index (χ0n) is 10.8. The number of aryl methyl sites for hydroxylation is 1. The van der Waals surface area contributed by atoms with E-state index in [1.807, 2.05) is 13.0 Å². The Labute approximate surface area is 116 Å². The van der Waals surface area contributed by atoms with Crippen LogP contribution in [-0.2, 0) is 6.54 Å². The van der Waals surface area contributed by atoms with Gasteiger partial charge in [0.2, 0.25) is 0 Å². The number of nitrogens with zero attached hydrogens (tertiary/aromatic N) is 3. The van der Waals surface area contributed by atoms with Crippen molar-refractivity contribution >= 4 is 11.6 Å². The third-order valence-corrected chi connectivity index (χ3v) is 3.21. The van der Waals surface area contributed by atoms with Crippen LogP contribution in [0.15, 0.2) is 24.7 Å². The lowest BCUT2D eigenvalue weighted by Gasteiger charge is -2.20. The first kappa shape index (κ1) is 13.8. The maximum absolute atomic E-state index is 6.21. The van der Waals surface area contributed by atoms with E-state index >= 15 is 0 Å². The third-order valence-electron chi connectivity index (χ3n) is 2.92. The van der Waals surface area contributed by atoms with E-state index in [0.717, 1.165) is 11.3 Å². The summed E-state index contributed by atoms with van der Waals surface area (Å²) in [7, 11) is 1.59. The maximum Gasteiger partial charge on any atom is 0.142 e. The van der Waals surface area contributed by atoms with Gasteiger partial charge in [0.05, 0.1) is 36.3 Å². The van der Waals surface area contributed by atoms with Crippen LogP contribution in [0.3, 0.4) is 0 Å². The molecule has 0 aliphatic rings. The van der Waals surface area contributed by atoms with Gasteiger partial charge in [-0.25, -0.2) is 5.43 Å². The summed E-state index contributed by atoms with van der Waals surface area (Å²) in [4.78, 5) is 4.03. The molecular weight excluding hydrogens is 266 g/mol. The highest BCUT2D eigenvalue weighted by Gasteiger charge is 2.23. The van der Waals surface area contributed by atoms with Crippen LogP contribution in [0.5, 0.6) is 5.75 Å². The molecule has 0 amide bonds. The molecule has 0 radical (unpaired) electrons. The van der Waals surface area contributed by atoms with Crippen molar-refractivity contribution in [2.24, 2.45) is 5.84 Å². The SMILES string of the molecule is CCn1ncc(Cl)c1C(NN)c1ccncc1OC. The van der Waals surface area contributed by atoms with Gasteiger partial charge in [-0.1, -0.05) is 11.6 Å². The number of aromatic nitrogens is 3. The number of methoxy groups -OCH3 is 1. The molecule has 2 heterocycles. The van der Waals surface area contributed by atoms with Gasteiger partial charge in [-0.2, -0.15) is 5.10 Å². The molecule has 0 spiro atoms. The molecular formula is C12H16ClN5O. The largest absolute Gasteiger partial charge is 0.495 e. The van der Waals surface area contributed by atoms with Crippen molar-refractivity contribution in [3.63, 3.8) is 0 Å². The van der Waals surface area contributed by atoms with E-state index in [1.54, 1.807) is 30.4 Å². The Bertz CT molecular complexity index is 557. The molecule has 2 aromatic heterocycles. The molecule has 0 aliphatic heterocycles. The van der Waals surface area contributed by atoms with Gasteiger partial charge in [-0.3, -0.25) is 15.5 Å². The fourth-order valence-corrected chi connectivity index (χ4v) is 2.28. The Morgan fingerprint density at radius 3 is 2.95 bits per heavy atom. The van der Waals surface area contributed by atoms with E-state index in [-0.39, 0.29) is 6.04 Å². The summed E-state index contributed by atoms with van der Waals surface area (Å²) in [6, 6.07) is 1.53. The van der Waals surface area contributed by atoms with E-state index in [0.29, 0.717) is 17.3 Å². The molecule has 0 fully saturated rings. The quantitative estimate of drug-likeness (QED) is 0.642. The number of nitrogens with one attached hydrogen (secondary N) is 1. The lowest BCUT2D eigenvalue weighted by atomic mass is 10.0. The van der Waals surface area contributed by atoms with Gasteiger partial charge >= 0.3 is 0 Å². The molecule has 102 valence electrons. The predicted octanol–water partition coefficient (Wildman–Crippen LogP) is 1.51. The van der Waals surface area contributed by atoms with Crippen LogP contribution in [0.2, 0.25) is 5.02 Å². The van der Waals surface area contributed by atoms with Crippen LogP contribution < -0.4 is 16.0 Å². The number of pyridine rings is 1. The minimum absolute atomic E-state index is 0.312. The number of hydrazine groups is 1. The van der Waals surface area contributed by atoms with Gasteiger partial charge in [0, 0.05) is 18.3 Å². The van der Waals surface area contributed by atoms with Crippen molar-refractivity contribution in [2.45, 2.75) is 19.5 Å². The van der Waals surface area contributed by atoms with E-state index in [2.05, 4.69) is 15.5 Å². The van der Waals surface area contributed by atoms with Crippen molar-refractivity contribution in [3.8, 4) is 5.75 Å². The molecule has 19 heavy (non-hydrogen) atoms. The number of halogens is 1. The molecule has 2 rings (SSSR count). The zero-order valence-corrected chi connectivity index (χ0v) is 11.6. The van der Waals surface area contributed by atoms with E-state index in [9.17, 15) is 0 Å². The van der Waals surface area contributed by atoms with E-state index < -0.39 is 0 Å². The normalized spacial score (nSPS) is 12.4. The first-order chi connectivity index (χ1) is 9.22. The average molecular weight is 282 g/mol. The number of hydrogen-bond acceptors (Lipinski definition) is 5. The maximum atomic E-state index is 6.21. The van der Waals surface area contributed by atoms with Gasteiger partial charge < -0.3 is 4.74 Å². The third kappa shape index (κ3) is 2.56. The van der Waals surface area contributed by atoms with Crippen molar-refractivity contribution in [1.29, 1.82) is 0 Å². The summed E-state index contributed by atoms with van der Waals surface area (Å²) in [6.07, 6.45) is 4.93. The predicted molar refractivity (Wildman–Crippen MR) is 72.9 cm³/mol. The van der Waals surface area contributed by atoms with E-state index in [4.69, 9.17) is 22.2 Å². The van der Waals surface area contributed by atoms with Crippen LogP contribution in [0.25, 0.3) is 0 Å². The van der Waals surface area contributed by atoms with Gasteiger partial charge in [0.1, 0.15) is 5.75 Å². The van der Waals surface area contributed by atoms with E-state index in [1.165, 1.54) is 0 Å². The Hall–Kier alpha value is -1.63. The van der Waals surface area contributed by atoms with Crippen LogP contribution in [0.4, 0.5) is 0 Å². The van der Waals surface area contributed by atoms with Gasteiger partial charge in [0.15, 0.2) is 0 Å². The number of hydrogen-bond donors (Lipinski definition) is 2. The lowest BCUT2D eigenvalue weighted by molar-refractivity contribution is 0.400. The standard InChI is InChI=1S/C12H16ClN5O/c1-3-18-12(9(13)6-16-18)11(17-14)8-4-5-15-7-10(8)19-2/h4-7,11,17H,3,14H2,1-2H3. The minimum Gasteiger partial charge on any atom is -0.495 e.